The minimum absolute atomic E-state index is 0.0205. The Morgan fingerprint density at radius 1 is 1.29 bits per heavy atom. The quantitative estimate of drug-likeness (QED) is 0.907. The van der Waals surface area contributed by atoms with Gasteiger partial charge in [0.1, 0.15) is 5.75 Å². The molecule has 0 amide bonds. The molecular weight excluding hydrogens is 238 g/mol. The standard InChI is InChI=1S/C13H12ClNO2/c1-9-6-11(3-4-12(9)14)17-13-5-2-10(8-16)7-15-13/h2-7,16H,8H2,1H3. The number of pyridine rings is 1. The first-order valence-corrected chi connectivity index (χ1v) is 5.56. The maximum absolute atomic E-state index is 8.89. The number of aliphatic hydroxyl groups is 1. The highest BCUT2D eigenvalue weighted by Crippen LogP contribution is 2.24. The minimum Gasteiger partial charge on any atom is -0.439 e. The Bertz CT molecular complexity index is 511. The van der Waals surface area contributed by atoms with Gasteiger partial charge in [-0.25, -0.2) is 4.98 Å². The zero-order chi connectivity index (χ0) is 12.3. The lowest BCUT2D eigenvalue weighted by molar-refractivity contribution is 0.281. The molecule has 4 heteroatoms. The maximum Gasteiger partial charge on any atom is 0.219 e. The van der Waals surface area contributed by atoms with E-state index < -0.39 is 0 Å². The summed E-state index contributed by atoms with van der Waals surface area (Å²) in [6.45, 7) is 1.89. The highest BCUT2D eigenvalue weighted by atomic mass is 35.5. The Morgan fingerprint density at radius 3 is 2.71 bits per heavy atom. The predicted molar refractivity (Wildman–Crippen MR) is 66.4 cm³/mol. The van der Waals surface area contributed by atoms with Gasteiger partial charge in [-0.15, -0.1) is 0 Å². The number of rotatable bonds is 3. The van der Waals surface area contributed by atoms with E-state index in [1.165, 1.54) is 0 Å². The molecule has 17 heavy (non-hydrogen) atoms. The van der Waals surface area contributed by atoms with Gasteiger partial charge in [0.15, 0.2) is 0 Å². The van der Waals surface area contributed by atoms with Crippen molar-refractivity contribution < 1.29 is 9.84 Å². The number of nitrogens with zero attached hydrogens (tertiary/aromatic N) is 1. The third-order valence-electron chi connectivity index (χ3n) is 2.33. The van der Waals surface area contributed by atoms with E-state index in [1.54, 1.807) is 30.5 Å². The molecule has 0 spiro atoms. The van der Waals surface area contributed by atoms with Gasteiger partial charge in [-0.2, -0.15) is 0 Å². The molecular formula is C13H12ClNO2. The van der Waals surface area contributed by atoms with Crippen LogP contribution in [-0.2, 0) is 6.61 Å². The van der Waals surface area contributed by atoms with Crippen LogP contribution in [0.5, 0.6) is 11.6 Å². The predicted octanol–water partition coefficient (Wildman–Crippen LogP) is 3.33. The van der Waals surface area contributed by atoms with Crippen LogP contribution in [-0.4, -0.2) is 10.1 Å². The molecule has 1 heterocycles. The molecule has 2 rings (SSSR count). The number of ether oxygens (including phenoxy) is 1. The first-order chi connectivity index (χ1) is 8.19. The number of benzene rings is 1. The van der Waals surface area contributed by atoms with Crippen molar-refractivity contribution in [3.63, 3.8) is 0 Å². The number of aryl methyl sites for hydroxylation is 1. The Labute approximate surface area is 105 Å². The van der Waals surface area contributed by atoms with Gasteiger partial charge < -0.3 is 9.84 Å². The van der Waals surface area contributed by atoms with E-state index >= 15 is 0 Å². The highest BCUT2D eigenvalue weighted by Gasteiger charge is 2.01. The minimum atomic E-state index is -0.0205. The normalized spacial score (nSPS) is 10.3. The second kappa shape index (κ2) is 5.17. The van der Waals surface area contributed by atoms with Crippen molar-refractivity contribution in [1.29, 1.82) is 0 Å². The fourth-order valence-corrected chi connectivity index (χ4v) is 1.48. The van der Waals surface area contributed by atoms with E-state index in [2.05, 4.69) is 4.98 Å². The Kier molecular flexibility index (Phi) is 3.61. The molecule has 0 bridgehead atoms. The summed E-state index contributed by atoms with van der Waals surface area (Å²) >= 11 is 5.92. The van der Waals surface area contributed by atoms with Gasteiger partial charge in [0.25, 0.3) is 0 Å². The summed E-state index contributed by atoms with van der Waals surface area (Å²) in [5, 5.41) is 9.60. The summed E-state index contributed by atoms with van der Waals surface area (Å²) in [6.07, 6.45) is 1.58. The molecule has 2 aromatic rings. The Morgan fingerprint density at radius 2 is 2.12 bits per heavy atom. The molecule has 0 radical (unpaired) electrons. The molecule has 3 nitrogen and oxygen atoms in total. The first kappa shape index (κ1) is 11.9. The zero-order valence-electron chi connectivity index (χ0n) is 9.35. The third kappa shape index (κ3) is 2.96. The largest absolute Gasteiger partial charge is 0.439 e. The molecule has 88 valence electrons. The van der Waals surface area contributed by atoms with Gasteiger partial charge in [-0.05, 0) is 42.3 Å². The Balaban J connectivity index is 2.16. The van der Waals surface area contributed by atoms with Crippen molar-refractivity contribution in [2.45, 2.75) is 13.5 Å². The van der Waals surface area contributed by atoms with E-state index in [4.69, 9.17) is 21.4 Å². The molecule has 0 aliphatic heterocycles. The van der Waals surface area contributed by atoms with Crippen molar-refractivity contribution in [1.82, 2.24) is 4.98 Å². The number of hydrogen-bond donors (Lipinski definition) is 1. The fourth-order valence-electron chi connectivity index (χ4n) is 1.37. The van der Waals surface area contributed by atoms with Crippen LogP contribution in [0.2, 0.25) is 5.02 Å². The number of aliphatic hydroxyl groups excluding tert-OH is 1. The molecule has 0 fully saturated rings. The lowest BCUT2D eigenvalue weighted by Crippen LogP contribution is -1.90. The van der Waals surface area contributed by atoms with E-state index in [0.29, 0.717) is 16.7 Å². The van der Waals surface area contributed by atoms with Gasteiger partial charge in [0.2, 0.25) is 5.88 Å². The summed E-state index contributed by atoms with van der Waals surface area (Å²) in [4.78, 5) is 4.08. The fraction of sp³-hybridized carbons (Fsp3) is 0.154. The summed E-state index contributed by atoms with van der Waals surface area (Å²) in [5.74, 6) is 1.18. The van der Waals surface area contributed by atoms with E-state index in [-0.39, 0.29) is 6.61 Å². The number of aromatic nitrogens is 1. The van der Waals surface area contributed by atoms with Crippen LogP contribution in [0.25, 0.3) is 0 Å². The van der Waals surface area contributed by atoms with Crippen molar-refractivity contribution in [2.75, 3.05) is 0 Å². The summed E-state index contributed by atoms with van der Waals surface area (Å²) in [6, 6.07) is 8.91. The van der Waals surface area contributed by atoms with E-state index in [0.717, 1.165) is 11.1 Å². The van der Waals surface area contributed by atoms with Crippen molar-refractivity contribution in [2.24, 2.45) is 0 Å². The van der Waals surface area contributed by atoms with Crippen LogP contribution < -0.4 is 4.74 Å². The highest BCUT2D eigenvalue weighted by molar-refractivity contribution is 6.31. The van der Waals surface area contributed by atoms with Crippen molar-refractivity contribution in [3.05, 3.63) is 52.7 Å². The van der Waals surface area contributed by atoms with Crippen LogP contribution in [0.4, 0.5) is 0 Å². The SMILES string of the molecule is Cc1cc(Oc2ccc(CO)cn2)ccc1Cl. The lowest BCUT2D eigenvalue weighted by atomic mass is 10.2. The molecule has 0 atom stereocenters. The average Bonchev–Trinajstić information content (AvgIpc) is 2.35. The van der Waals surface area contributed by atoms with Crippen LogP contribution in [0.3, 0.4) is 0 Å². The molecule has 1 aromatic carbocycles. The zero-order valence-corrected chi connectivity index (χ0v) is 10.1. The monoisotopic (exact) mass is 249 g/mol. The van der Waals surface area contributed by atoms with Crippen molar-refractivity contribution in [3.8, 4) is 11.6 Å². The van der Waals surface area contributed by atoms with Crippen LogP contribution in [0.15, 0.2) is 36.5 Å². The van der Waals surface area contributed by atoms with E-state index in [1.807, 2.05) is 13.0 Å². The second-order valence-electron chi connectivity index (χ2n) is 3.68. The second-order valence-corrected chi connectivity index (χ2v) is 4.08. The van der Waals surface area contributed by atoms with Crippen LogP contribution in [0, 0.1) is 6.92 Å². The molecule has 0 aliphatic carbocycles. The number of hydrogen-bond acceptors (Lipinski definition) is 3. The number of halogens is 1. The maximum atomic E-state index is 8.89. The van der Waals surface area contributed by atoms with Crippen LogP contribution in [0.1, 0.15) is 11.1 Å². The smallest absolute Gasteiger partial charge is 0.219 e. The van der Waals surface area contributed by atoms with E-state index in [9.17, 15) is 0 Å². The van der Waals surface area contributed by atoms with Gasteiger partial charge >= 0.3 is 0 Å². The van der Waals surface area contributed by atoms with Gasteiger partial charge in [-0.3, -0.25) is 0 Å². The summed E-state index contributed by atoms with van der Waals surface area (Å²) < 4.78 is 5.56. The van der Waals surface area contributed by atoms with Gasteiger partial charge in [0, 0.05) is 17.3 Å². The molecule has 1 aromatic heterocycles. The third-order valence-corrected chi connectivity index (χ3v) is 2.76. The Hall–Kier alpha value is -1.58. The lowest BCUT2D eigenvalue weighted by Gasteiger charge is -2.06. The van der Waals surface area contributed by atoms with Crippen molar-refractivity contribution >= 4 is 11.6 Å². The molecule has 0 saturated carbocycles. The molecule has 0 aliphatic rings. The topological polar surface area (TPSA) is 42.4 Å². The summed E-state index contributed by atoms with van der Waals surface area (Å²) in [7, 11) is 0. The molecule has 0 unspecified atom stereocenters. The first-order valence-electron chi connectivity index (χ1n) is 5.19. The molecule has 1 N–H and O–H groups in total. The average molecular weight is 250 g/mol. The molecule has 0 saturated heterocycles. The summed E-state index contributed by atoms with van der Waals surface area (Å²) in [5.41, 5.74) is 1.71. The van der Waals surface area contributed by atoms with Gasteiger partial charge in [0.05, 0.1) is 6.61 Å². The van der Waals surface area contributed by atoms with Gasteiger partial charge in [-0.1, -0.05) is 11.6 Å². The van der Waals surface area contributed by atoms with Crippen LogP contribution >= 0.6 is 11.6 Å².